The first kappa shape index (κ1) is 15.2. The predicted molar refractivity (Wildman–Crippen MR) is 87.6 cm³/mol. The van der Waals surface area contributed by atoms with Crippen LogP contribution in [0.3, 0.4) is 0 Å². The van der Waals surface area contributed by atoms with Gasteiger partial charge < -0.3 is 21.4 Å². The van der Waals surface area contributed by atoms with Crippen LogP contribution in [0.25, 0.3) is 0 Å². The van der Waals surface area contributed by atoms with Crippen LogP contribution in [0.5, 0.6) is 0 Å². The summed E-state index contributed by atoms with van der Waals surface area (Å²) in [6.07, 6.45) is 0. The average Bonchev–Trinajstić information content (AvgIpc) is 3.07. The van der Waals surface area contributed by atoms with Crippen molar-refractivity contribution in [2.24, 2.45) is 10.2 Å². The first-order valence-corrected chi connectivity index (χ1v) is 6.90. The maximum Gasteiger partial charge on any atom is 0.323 e. The van der Waals surface area contributed by atoms with Crippen LogP contribution in [0.4, 0.5) is 23.0 Å². The molecule has 0 aliphatic heterocycles. The van der Waals surface area contributed by atoms with E-state index in [1.165, 1.54) is 0 Å². The van der Waals surface area contributed by atoms with Gasteiger partial charge in [-0.15, -0.1) is 5.11 Å². The van der Waals surface area contributed by atoms with Crippen molar-refractivity contribution in [3.63, 3.8) is 0 Å². The van der Waals surface area contributed by atoms with Crippen LogP contribution < -0.4 is 17.2 Å². The van der Waals surface area contributed by atoms with E-state index in [1.54, 1.807) is 31.2 Å². The Balaban J connectivity index is 1.82. The van der Waals surface area contributed by atoms with Gasteiger partial charge in [-0.05, 0) is 31.2 Å². The number of carbonyl (C=O) groups excluding carboxylic acids is 1. The Hall–Kier alpha value is -3.69. The fourth-order valence-electron chi connectivity index (χ4n) is 2.10. The molecule has 0 radical (unpaired) electrons. The molecule has 0 saturated heterocycles. The van der Waals surface area contributed by atoms with Crippen molar-refractivity contribution < 1.29 is 4.79 Å². The van der Waals surface area contributed by atoms with Crippen molar-refractivity contribution >= 4 is 28.8 Å². The molecule has 0 aliphatic rings. The topological polar surface area (TPSA) is 171 Å². The van der Waals surface area contributed by atoms with E-state index in [4.69, 9.17) is 11.5 Å². The molecule has 0 atom stereocenters. The first-order valence-electron chi connectivity index (χ1n) is 6.90. The minimum atomic E-state index is -0.420. The highest BCUT2D eigenvalue weighted by atomic mass is 16.1. The highest BCUT2D eigenvalue weighted by molar-refractivity contribution is 6.08. The van der Waals surface area contributed by atoms with E-state index in [1.807, 2.05) is 0 Å². The maximum atomic E-state index is 12.3. The largest absolute Gasteiger partial charge is 0.382 e. The highest BCUT2D eigenvalue weighted by Crippen LogP contribution is 2.28. The lowest BCUT2D eigenvalue weighted by Gasteiger charge is -2.00. The number of nitrogen functional groups attached to an aromatic ring is 2. The van der Waals surface area contributed by atoms with Crippen LogP contribution in [-0.2, 0) is 0 Å². The quantitative estimate of drug-likeness (QED) is 0.361. The number of H-pyrrole nitrogens is 3. The molecule has 0 saturated carbocycles. The molecule has 0 amide bonds. The van der Waals surface area contributed by atoms with Crippen molar-refractivity contribution in [2.45, 2.75) is 6.92 Å². The number of imidazole rings is 1. The number of aromatic amines is 3. The lowest BCUT2D eigenvalue weighted by atomic mass is 10.1. The number of azo groups is 1. The van der Waals surface area contributed by atoms with Gasteiger partial charge in [0.2, 0.25) is 5.78 Å². The second kappa shape index (κ2) is 5.83. The van der Waals surface area contributed by atoms with E-state index < -0.39 is 5.69 Å². The van der Waals surface area contributed by atoms with Crippen LogP contribution in [0.1, 0.15) is 21.7 Å². The Morgan fingerprint density at radius 3 is 2.38 bits per heavy atom. The van der Waals surface area contributed by atoms with Crippen molar-refractivity contribution in [3.05, 3.63) is 51.7 Å². The molecule has 24 heavy (non-hydrogen) atoms. The Morgan fingerprint density at radius 2 is 1.83 bits per heavy atom. The molecule has 3 rings (SSSR count). The second-order valence-corrected chi connectivity index (χ2v) is 5.03. The van der Waals surface area contributed by atoms with Gasteiger partial charge >= 0.3 is 5.69 Å². The molecule has 0 unspecified atom stereocenters. The van der Waals surface area contributed by atoms with E-state index >= 15 is 0 Å². The maximum absolute atomic E-state index is 12.3. The summed E-state index contributed by atoms with van der Waals surface area (Å²) in [5, 5.41) is 14.1. The fraction of sp³-hybridized carbons (Fsp3) is 0.0714. The number of ketones is 1. The molecule has 1 aromatic carbocycles. The lowest BCUT2D eigenvalue weighted by Crippen LogP contribution is -2.06. The highest BCUT2D eigenvalue weighted by Gasteiger charge is 2.14. The summed E-state index contributed by atoms with van der Waals surface area (Å²) >= 11 is 0. The lowest BCUT2D eigenvalue weighted by molar-refractivity contribution is 0.103. The molecular formula is C14H14N8O2. The zero-order valence-electron chi connectivity index (χ0n) is 12.6. The van der Waals surface area contributed by atoms with Gasteiger partial charge in [-0.1, -0.05) is 0 Å². The predicted octanol–water partition coefficient (Wildman–Crippen LogP) is 1.55. The fourth-order valence-corrected chi connectivity index (χ4v) is 2.10. The van der Waals surface area contributed by atoms with Crippen LogP contribution in [-0.4, -0.2) is 25.9 Å². The number of carbonyl (C=O) groups is 1. The number of hydrogen-bond donors (Lipinski definition) is 5. The van der Waals surface area contributed by atoms with Crippen LogP contribution in [0, 0.1) is 6.92 Å². The molecule has 2 heterocycles. The summed E-state index contributed by atoms with van der Waals surface area (Å²) < 4.78 is 0. The van der Waals surface area contributed by atoms with Crippen molar-refractivity contribution in [3.8, 4) is 0 Å². The van der Waals surface area contributed by atoms with E-state index in [2.05, 4.69) is 30.4 Å². The van der Waals surface area contributed by atoms with E-state index in [0.717, 1.165) is 0 Å². The van der Waals surface area contributed by atoms with E-state index in [-0.39, 0.29) is 28.8 Å². The van der Waals surface area contributed by atoms with Gasteiger partial charge in [-0.2, -0.15) is 10.2 Å². The number of rotatable bonds is 4. The summed E-state index contributed by atoms with van der Waals surface area (Å²) in [5.74, 6) is 0.0718. The minimum Gasteiger partial charge on any atom is -0.382 e. The van der Waals surface area contributed by atoms with E-state index in [9.17, 15) is 9.59 Å². The minimum absolute atomic E-state index is 0.148. The molecule has 10 heteroatoms. The third-order valence-corrected chi connectivity index (χ3v) is 3.33. The number of nitrogens with two attached hydrogens (primary N) is 2. The number of benzene rings is 1. The number of hydrogen-bond acceptors (Lipinski definition) is 7. The Labute approximate surface area is 135 Å². The van der Waals surface area contributed by atoms with Gasteiger partial charge in [-0.25, -0.2) is 4.79 Å². The van der Waals surface area contributed by atoms with Crippen LogP contribution in [0.2, 0.25) is 0 Å². The number of aryl methyl sites for hydroxylation is 1. The smallest absolute Gasteiger partial charge is 0.323 e. The number of nitrogens with zero attached hydrogens (tertiary/aromatic N) is 3. The molecule has 0 fully saturated rings. The summed E-state index contributed by atoms with van der Waals surface area (Å²) in [5.41, 5.74) is 12.7. The van der Waals surface area contributed by atoms with Gasteiger partial charge in [0.1, 0.15) is 11.5 Å². The molecule has 10 nitrogen and oxygen atoms in total. The molecule has 7 N–H and O–H groups in total. The third-order valence-electron chi connectivity index (χ3n) is 3.33. The summed E-state index contributed by atoms with van der Waals surface area (Å²) in [4.78, 5) is 28.6. The second-order valence-electron chi connectivity index (χ2n) is 5.03. The zero-order valence-corrected chi connectivity index (χ0v) is 12.6. The average molecular weight is 326 g/mol. The van der Waals surface area contributed by atoms with Gasteiger partial charge in [-0.3, -0.25) is 9.89 Å². The van der Waals surface area contributed by atoms with Crippen molar-refractivity contribution in [1.82, 2.24) is 20.2 Å². The van der Waals surface area contributed by atoms with Gasteiger partial charge in [0.05, 0.1) is 5.69 Å². The number of nitrogens with one attached hydrogen (secondary N) is 3. The normalized spacial score (nSPS) is 11.2. The Bertz CT molecular complexity index is 958. The van der Waals surface area contributed by atoms with Gasteiger partial charge in [0.25, 0.3) is 0 Å². The monoisotopic (exact) mass is 326 g/mol. The van der Waals surface area contributed by atoms with Gasteiger partial charge in [0, 0.05) is 11.3 Å². The van der Waals surface area contributed by atoms with E-state index in [0.29, 0.717) is 16.9 Å². The Morgan fingerprint density at radius 1 is 1.12 bits per heavy atom. The molecule has 0 aliphatic carbocycles. The molecular weight excluding hydrogens is 312 g/mol. The summed E-state index contributed by atoms with van der Waals surface area (Å²) in [6, 6.07) is 6.40. The Kier molecular flexibility index (Phi) is 3.70. The number of aromatic nitrogens is 4. The number of anilines is 2. The summed E-state index contributed by atoms with van der Waals surface area (Å²) in [6.45, 7) is 1.65. The van der Waals surface area contributed by atoms with Crippen LogP contribution >= 0.6 is 0 Å². The standard InChI is InChI=1S/C14H14N8O2/c1-6-9(18-14(24)17-6)11(23)7-2-4-8(5-3-7)19-20-10-12(15)21-22-13(10)16/h2-5H,1H3,(H2,17,18,24)(H5,15,16,21,22). The molecule has 122 valence electrons. The summed E-state index contributed by atoms with van der Waals surface area (Å²) in [7, 11) is 0. The van der Waals surface area contributed by atoms with Crippen molar-refractivity contribution in [1.29, 1.82) is 0 Å². The third kappa shape index (κ3) is 2.79. The molecule has 2 aromatic heterocycles. The molecule has 3 aromatic rings. The zero-order chi connectivity index (χ0) is 17.3. The van der Waals surface area contributed by atoms with Crippen molar-refractivity contribution in [2.75, 3.05) is 11.5 Å². The first-order chi connectivity index (χ1) is 11.5. The molecule has 0 spiro atoms. The van der Waals surface area contributed by atoms with Gasteiger partial charge in [0.15, 0.2) is 11.5 Å². The van der Waals surface area contributed by atoms with Crippen LogP contribution in [0.15, 0.2) is 39.3 Å². The SMILES string of the molecule is Cc1[nH]c(=O)[nH]c1C(=O)c1ccc(N=Nc2c(N)n[nH]c2N)cc1. The molecule has 0 bridgehead atoms.